The van der Waals surface area contributed by atoms with Crippen LogP contribution in [0.3, 0.4) is 0 Å². The smallest absolute Gasteiger partial charge is 0.153 e. The zero-order valence-corrected chi connectivity index (χ0v) is 11.1. The number of hydrogen-bond acceptors (Lipinski definition) is 2. The minimum absolute atomic E-state index is 0.0642. The van der Waals surface area contributed by atoms with E-state index in [-0.39, 0.29) is 5.25 Å². The molecule has 1 heterocycles. The van der Waals surface area contributed by atoms with Gasteiger partial charge in [0.1, 0.15) is 0 Å². The third kappa shape index (κ3) is 1.84. The summed E-state index contributed by atoms with van der Waals surface area (Å²) in [5, 5.41) is -0.0642. The maximum absolute atomic E-state index is 11.6. The first kappa shape index (κ1) is 10.4. The quantitative estimate of drug-likeness (QED) is 0.637. The average molecular weight is 332 g/mol. The monoisotopic (exact) mass is 330 g/mol. The van der Waals surface area contributed by atoms with E-state index in [4.69, 9.17) is 0 Å². The van der Waals surface area contributed by atoms with Gasteiger partial charge in [-0.15, -0.1) is 0 Å². The van der Waals surface area contributed by atoms with E-state index < -0.39 is 9.84 Å². The first-order chi connectivity index (χ1) is 6.00. The molecule has 5 heteroatoms. The summed E-state index contributed by atoms with van der Waals surface area (Å²) < 4.78 is 23.2. The Hall–Kier alpha value is 0.910. The fourth-order valence-corrected chi connectivity index (χ4v) is 6.19. The van der Waals surface area contributed by atoms with Crippen LogP contribution in [0.4, 0.5) is 0 Å². The van der Waals surface area contributed by atoms with Crippen molar-refractivity contribution in [1.29, 1.82) is 0 Å². The van der Waals surface area contributed by atoms with Crippen molar-refractivity contribution in [2.75, 3.05) is 5.75 Å². The van der Waals surface area contributed by atoms with Gasteiger partial charge < -0.3 is 0 Å². The second kappa shape index (κ2) is 3.49. The molecule has 13 heavy (non-hydrogen) atoms. The molecule has 1 saturated carbocycles. The van der Waals surface area contributed by atoms with Crippen molar-refractivity contribution in [2.45, 2.75) is 34.2 Å². The molecule has 0 bridgehead atoms. The number of rotatable bonds is 0. The van der Waals surface area contributed by atoms with Crippen LogP contribution in [0, 0.1) is 5.92 Å². The Morgan fingerprint density at radius 3 is 2.38 bits per heavy atom. The maximum Gasteiger partial charge on any atom is 0.153 e. The molecule has 2 fully saturated rings. The normalized spacial score (nSPS) is 48.8. The number of sulfone groups is 1. The fraction of sp³-hybridized carbons (Fsp3) is 1.00. The predicted octanol–water partition coefficient (Wildman–Crippen LogP) is 2.11. The predicted molar refractivity (Wildman–Crippen MR) is 60.3 cm³/mol. The zero-order chi connectivity index (χ0) is 9.64. The number of halogens is 2. The van der Waals surface area contributed by atoms with E-state index in [1.807, 2.05) is 0 Å². The summed E-state index contributed by atoms with van der Waals surface area (Å²) in [5.74, 6) is 0.810. The molecule has 0 radical (unpaired) electrons. The summed E-state index contributed by atoms with van der Waals surface area (Å²) in [6.45, 7) is 0. The van der Waals surface area contributed by atoms with Gasteiger partial charge in [0.15, 0.2) is 9.84 Å². The van der Waals surface area contributed by atoms with Crippen LogP contribution in [0.2, 0.25) is 0 Å². The Balaban J connectivity index is 2.21. The molecule has 0 amide bonds. The van der Waals surface area contributed by atoms with Crippen LogP contribution in [0.5, 0.6) is 0 Å². The SMILES string of the molecule is O=S1(=O)CC[C@@H]2C[C@@H](Br)[C@@H](Br)C[C@@H]21. The highest BCUT2D eigenvalue weighted by Gasteiger charge is 2.45. The molecule has 1 aliphatic carbocycles. The van der Waals surface area contributed by atoms with Crippen LogP contribution < -0.4 is 0 Å². The molecule has 0 unspecified atom stereocenters. The van der Waals surface area contributed by atoms with E-state index >= 15 is 0 Å². The minimum atomic E-state index is -2.75. The highest BCUT2D eigenvalue weighted by atomic mass is 79.9. The van der Waals surface area contributed by atoms with Crippen molar-refractivity contribution in [3.05, 3.63) is 0 Å². The van der Waals surface area contributed by atoms with Gasteiger partial charge in [0, 0.05) is 9.65 Å². The zero-order valence-electron chi connectivity index (χ0n) is 7.12. The largest absolute Gasteiger partial charge is 0.229 e. The number of hydrogen-bond donors (Lipinski definition) is 0. The molecule has 0 aromatic rings. The van der Waals surface area contributed by atoms with E-state index in [1.54, 1.807) is 0 Å². The Bertz CT molecular complexity index is 301. The summed E-state index contributed by atoms with van der Waals surface area (Å²) in [6, 6.07) is 0. The molecular formula is C8H12Br2O2S. The number of fused-ring (bicyclic) bond motifs is 1. The van der Waals surface area contributed by atoms with Crippen molar-refractivity contribution in [2.24, 2.45) is 5.92 Å². The Labute approximate surface area is 95.6 Å². The van der Waals surface area contributed by atoms with Gasteiger partial charge in [-0.25, -0.2) is 8.42 Å². The highest BCUT2D eigenvalue weighted by Crippen LogP contribution is 2.42. The highest BCUT2D eigenvalue weighted by molar-refractivity contribution is 9.12. The lowest BCUT2D eigenvalue weighted by molar-refractivity contribution is 0.392. The van der Waals surface area contributed by atoms with Crippen LogP contribution in [0.15, 0.2) is 0 Å². The van der Waals surface area contributed by atoms with Crippen LogP contribution in [-0.2, 0) is 9.84 Å². The molecule has 0 N–H and O–H groups in total. The molecule has 2 nitrogen and oxygen atoms in total. The summed E-state index contributed by atoms with van der Waals surface area (Å²) in [7, 11) is -2.75. The minimum Gasteiger partial charge on any atom is -0.229 e. The van der Waals surface area contributed by atoms with Crippen molar-refractivity contribution in [3.63, 3.8) is 0 Å². The molecular weight excluding hydrogens is 320 g/mol. The molecule has 76 valence electrons. The summed E-state index contributed by atoms with van der Waals surface area (Å²) >= 11 is 7.12. The van der Waals surface area contributed by atoms with Gasteiger partial charge in [0.05, 0.1) is 11.0 Å². The average Bonchev–Trinajstić information content (AvgIpc) is 2.31. The molecule has 0 spiro atoms. The fourth-order valence-electron chi connectivity index (χ4n) is 2.36. The van der Waals surface area contributed by atoms with Crippen LogP contribution in [0.1, 0.15) is 19.3 Å². The first-order valence-corrected chi connectivity index (χ1v) is 8.05. The van der Waals surface area contributed by atoms with Gasteiger partial charge in [-0.3, -0.25) is 0 Å². The molecule has 1 saturated heterocycles. The molecule has 0 aromatic carbocycles. The molecule has 0 aromatic heterocycles. The molecule has 4 atom stereocenters. The standard InChI is InChI=1S/C8H12Br2O2S/c9-6-3-5-1-2-13(11,12)8(5)4-7(6)10/h5-8H,1-4H2/t5-,6-,7+,8+/m1/s1. The third-order valence-corrected chi connectivity index (χ3v) is 8.18. The van der Waals surface area contributed by atoms with Gasteiger partial charge in [-0.1, -0.05) is 31.9 Å². The lowest BCUT2D eigenvalue weighted by Gasteiger charge is -2.31. The third-order valence-electron chi connectivity index (χ3n) is 3.14. The van der Waals surface area contributed by atoms with Gasteiger partial charge in [0.25, 0.3) is 0 Å². The van der Waals surface area contributed by atoms with Crippen molar-refractivity contribution >= 4 is 41.7 Å². The van der Waals surface area contributed by atoms with Crippen molar-refractivity contribution < 1.29 is 8.42 Å². The van der Waals surface area contributed by atoms with Crippen molar-refractivity contribution in [1.82, 2.24) is 0 Å². The summed E-state index contributed by atoms with van der Waals surface area (Å²) in [5.41, 5.74) is 0. The second-order valence-corrected chi connectivity index (χ2v) is 8.65. The summed E-state index contributed by atoms with van der Waals surface area (Å²) in [4.78, 5) is 0.767. The van der Waals surface area contributed by atoms with Gasteiger partial charge >= 0.3 is 0 Å². The lowest BCUT2D eigenvalue weighted by atomic mass is 9.87. The first-order valence-electron chi connectivity index (χ1n) is 4.50. The maximum atomic E-state index is 11.6. The van der Waals surface area contributed by atoms with Gasteiger partial charge in [-0.2, -0.15) is 0 Å². The summed E-state index contributed by atoms with van der Waals surface area (Å²) in [6.07, 6.45) is 2.65. The van der Waals surface area contributed by atoms with Gasteiger partial charge in [0.2, 0.25) is 0 Å². The topological polar surface area (TPSA) is 34.1 Å². The van der Waals surface area contributed by atoms with Crippen molar-refractivity contribution in [3.8, 4) is 0 Å². The number of alkyl halides is 2. The van der Waals surface area contributed by atoms with Gasteiger partial charge in [-0.05, 0) is 25.2 Å². The van der Waals surface area contributed by atoms with Crippen LogP contribution in [-0.4, -0.2) is 29.1 Å². The Morgan fingerprint density at radius 1 is 1.08 bits per heavy atom. The molecule has 1 aliphatic heterocycles. The molecule has 2 rings (SSSR count). The Kier molecular flexibility index (Phi) is 2.80. The van der Waals surface area contributed by atoms with E-state index in [1.165, 1.54) is 0 Å². The van der Waals surface area contributed by atoms with Crippen LogP contribution in [0.25, 0.3) is 0 Å². The van der Waals surface area contributed by atoms with E-state index in [0.717, 1.165) is 19.3 Å². The van der Waals surface area contributed by atoms with E-state index in [2.05, 4.69) is 31.9 Å². The Morgan fingerprint density at radius 2 is 1.69 bits per heavy atom. The molecule has 2 aliphatic rings. The lowest BCUT2D eigenvalue weighted by Crippen LogP contribution is -2.36. The van der Waals surface area contributed by atoms with E-state index in [0.29, 0.717) is 21.3 Å². The second-order valence-electron chi connectivity index (χ2n) is 3.96. The van der Waals surface area contributed by atoms with Crippen LogP contribution >= 0.6 is 31.9 Å². The van der Waals surface area contributed by atoms with E-state index in [9.17, 15) is 8.42 Å².